The van der Waals surface area contributed by atoms with Gasteiger partial charge in [-0.3, -0.25) is 4.72 Å². The van der Waals surface area contributed by atoms with E-state index in [0.717, 1.165) is 15.9 Å². The minimum absolute atomic E-state index is 0.247. The smallest absolute Gasteiger partial charge is 0.206 e. The van der Waals surface area contributed by atoms with Crippen molar-refractivity contribution in [3.8, 4) is 6.07 Å². The van der Waals surface area contributed by atoms with Crippen LogP contribution in [-0.4, -0.2) is 12.0 Å². The van der Waals surface area contributed by atoms with Gasteiger partial charge in [0.05, 0.1) is 5.69 Å². The Hall–Kier alpha value is -1.19. The second kappa shape index (κ2) is 4.13. The molecule has 0 bridgehead atoms. The van der Waals surface area contributed by atoms with Crippen molar-refractivity contribution >= 4 is 34.9 Å². The Morgan fingerprint density at radius 3 is 3.00 bits per heavy atom. The molecule has 1 aliphatic rings. The van der Waals surface area contributed by atoms with Crippen LogP contribution in [0.3, 0.4) is 0 Å². The molecule has 0 aromatic carbocycles. The third-order valence-corrected chi connectivity index (χ3v) is 3.72. The fourth-order valence-electron chi connectivity index (χ4n) is 1.16. The molecule has 2 N–H and O–H groups in total. The fourth-order valence-corrected chi connectivity index (χ4v) is 2.87. The van der Waals surface area contributed by atoms with Crippen molar-refractivity contribution in [2.24, 2.45) is 4.99 Å². The average molecular weight is 238 g/mol. The standard InChI is InChI=1S/C9H10N4S2/c1-5(2)11-9-12-7-3-6(4-10)14-8(7)15-13-9/h3,5H,1-2H3,(H2,11,12,13). The number of fused-ring (bicyclic) bond motifs is 1. The molecule has 6 heteroatoms. The van der Waals surface area contributed by atoms with E-state index in [1.807, 2.05) is 19.9 Å². The molecular weight excluding hydrogens is 228 g/mol. The van der Waals surface area contributed by atoms with Crippen molar-refractivity contribution in [1.29, 1.82) is 5.26 Å². The summed E-state index contributed by atoms with van der Waals surface area (Å²) in [5.41, 5.74) is 0.972. The maximum atomic E-state index is 8.77. The van der Waals surface area contributed by atoms with Crippen LogP contribution in [0.25, 0.3) is 0 Å². The molecule has 0 spiro atoms. The van der Waals surface area contributed by atoms with Crippen LogP contribution in [0.15, 0.2) is 15.3 Å². The fraction of sp³-hybridized carbons (Fsp3) is 0.333. The number of rotatable bonds is 1. The van der Waals surface area contributed by atoms with Gasteiger partial charge >= 0.3 is 0 Å². The van der Waals surface area contributed by atoms with E-state index in [-0.39, 0.29) is 6.04 Å². The van der Waals surface area contributed by atoms with Gasteiger partial charge in [0.25, 0.3) is 0 Å². The first-order valence-corrected chi connectivity index (χ1v) is 6.14. The van der Waals surface area contributed by atoms with Crippen LogP contribution < -0.4 is 10.0 Å². The van der Waals surface area contributed by atoms with Crippen molar-refractivity contribution in [1.82, 2.24) is 4.72 Å². The number of nitrogens with one attached hydrogen (secondary N) is 2. The Bertz CT molecular complexity index is 441. The van der Waals surface area contributed by atoms with Gasteiger partial charge in [-0.2, -0.15) is 5.26 Å². The summed E-state index contributed by atoms with van der Waals surface area (Å²) in [7, 11) is 0. The number of hydrogen-bond donors (Lipinski definition) is 2. The number of guanidine groups is 1. The lowest BCUT2D eigenvalue weighted by molar-refractivity contribution is 0.831. The highest BCUT2D eigenvalue weighted by molar-refractivity contribution is 8.00. The SMILES string of the molecule is CC(C)N=C1NSc2sc(C#N)cc2N1. The Labute approximate surface area is 96.5 Å². The van der Waals surface area contributed by atoms with Gasteiger partial charge in [-0.25, -0.2) is 4.99 Å². The highest BCUT2D eigenvalue weighted by Gasteiger charge is 2.17. The van der Waals surface area contributed by atoms with Crippen LogP contribution >= 0.6 is 23.3 Å². The highest BCUT2D eigenvalue weighted by Crippen LogP contribution is 2.36. The van der Waals surface area contributed by atoms with Gasteiger partial charge in [0.15, 0.2) is 0 Å². The quantitative estimate of drug-likeness (QED) is 0.738. The molecule has 0 fully saturated rings. The predicted octanol–water partition coefficient (Wildman–Crippen LogP) is 2.41. The minimum Gasteiger partial charge on any atom is -0.324 e. The van der Waals surface area contributed by atoms with E-state index in [9.17, 15) is 0 Å². The van der Waals surface area contributed by atoms with Crippen molar-refractivity contribution in [2.75, 3.05) is 5.32 Å². The third kappa shape index (κ3) is 2.25. The number of aliphatic imine (C=N–C) groups is 1. The van der Waals surface area contributed by atoms with Crippen LogP contribution in [0.5, 0.6) is 0 Å². The summed E-state index contributed by atoms with van der Waals surface area (Å²) in [6.07, 6.45) is 0. The maximum Gasteiger partial charge on any atom is 0.206 e. The minimum atomic E-state index is 0.247. The van der Waals surface area contributed by atoms with Gasteiger partial charge in [-0.15, -0.1) is 11.3 Å². The first-order valence-electron chi connectivity index (χ1n) is 4.50. The van der Waals surface area contributed by atoms with E-state index in [1.165, 1.54) is 23.3 Å². The molecule has 0 radical (unpaired) electrons. The molecule has 0 aliphatic carbocycles. The molecule has 1 aliphatic heterocycles. The number of anilines is 1. The highest BCUT2D eigenvalue weighted by atomic mass is 32.2. The Morgan fingerprint density at radius 1 is 1.53 bits per heavy atom. The molecule has 1 aromatic rings. The molecule has 1 aromatic heterocycles. The van der Waals surface area contributed by atoms with Gasteiger partial charge < -0.3 is 5.32 Å². The van der Waals surface area contributed by atoms with Gasteiger partial charge in [0, 0.05) is 18.0 Å². The molecule has 4 nitrogen and oxygen atoms in total. The van der Waals surface area contributed by atoms with Crippen LogP contribution in [-0.2, 0) is 0 Å². The summed E-state index contributed by atoms with van der Waals surface area (Å²) in [4.78, 5) is 5.08. The van der Waals surface area contributed by atoms with Crippen LogP contribution in [0.2, 0.25) is 0 Å². The number of hydrogen-bond acceptors (Lipinski definition) is 4. The summed E-state index contributed by atoms with van der Waals surface area (Å²) in [6, 6.07) is 4.23. The topological polar surface area (TPSA) is 60.2 Å². The number of nitriles is 1. The summed E-state index contributed by atoms with van der Waals surface area (Å²) in [5.74, 6) is 0.754. The summed E-state index contributed by atoms with van der Waals surface area (Å²) >= 11 is 2.98. The van der Waals surface area contributed by atoms with Crippen molar-refractivity contribution in [3.63, 3.8) is 0 Å². The van der Waals surface area contributed by atoms with Crippen LogP contribution in [0.1, 0.15) is 18.7 Å². The van der Waals surface area contributed by atoms with Gasteiger partial charge in [0.1, 0.15) is 15.2 Å². The van der Waals surface area contributed by atoms with E-state index in [2.05, 4.69) is 21.1 Å². The molecule has 0 amide bonds. The lowest BCUT2D eigenvalue weighted by Gasteiger charge is -2.17. The second-order valence-electron chi connectivity index (χ2n) is 3.32. The van der Waals surface area contributed by atoms with Crippen molar-refractivity contribution in [3.05, 3.63) is 10.9 Å². The Balaban J connectivity index is 2.23. The van der Waals surface area contributed by atoms with Crippen molar-refractivity contribution < 1.29 is 0 Å². The first kappa shape index (κ1) is 10.3. The summed E-state index contributed by atoms with van der Waals surface area (Å²) < 4.78 is 4.18. The van der Waals surface area contributed by atoms with Gasteiger partial charge in [-0.05, 0) is 19.9 Å². The molecule has 0 unspecified atom stereocenters. The second-order valence-corrected chi connectivity index (χ2v) is 5.45. The zero-order valence-electron chi connectivity index (χ0n) is 8.37. The molecule has 78 valence electrons. The maximum absolute atomic E-state index is 8.77. The molecule has 2 heterocycles. The van der Waals surface area contributed by atoms with Crippen LogP contribution in [0.4, 0.5) is 5.69 Å². The number of thiophene rings is 1. The zero-order chi connectivity index (χ0) is 10.8. The van der Waals surface area contributed by atoms with E-state index < -0.39 is 0 Å². The average Bonchev–Trinajstić information content (AvgIpc) is 2.58. The van der Waals surface area contributed by atoms with E-state index in [0.29, 0.717) is 4.88 Å². The Kier molecular flexibility index (Phi) is 2.84. The molecule has 0 atom stereocenters. The number of nitrogens with zero attached hydrogens (tertiary/aromatic N) is 2. The van der Waals surface area contributed by atoms with Crippen molar-refractivity contribution in [2.45, 2.75) is 24.1 Å². The largest absolute Gasteiger partial charge is 0.324 e. The predicted molar refractivity (Wildman–Crippen MR) is 64.2 cm³/mol. The monoisotopic (exact) mass is 238 g/mol. The lowest BCUT2D eigenvalue weighted by atomic mass is 10.4. The van der Waals surface area contributed by atoms with Gasteiger partial charge in [0.2, 0.25) is 5.96 Å². The third-order valence-electron chi connectivity index (χ3n) is 1.69. The molecule has 15 heavy (non-hydrogen) atoms. The molecule has 0 saturated carbocycles. The van der Waals surface area contributed by atoms with E-state index in [4.69, 9.17) is 5.26 Å². The molecule has 0 saturated heterocycles. The Morgan fingerprint density at radius 2 is 2.33 bits per heavy atom. The lowest BCUT2D eigenvalue weighted by Crippen LogP contribution is -2.29. The van der Waals surface area contributed by atoms with Crippen LogP contribution in [0, 0.1) is 11.3 Å². The van der Waals surface area contributed by atoms with E-state index >= 15 is 0 Å². The summed E-state index contributed by atoms with van der Waals surface area (Å²) in [5, 5.41) is 11.9. The normalized spacial score (nSPS) is 16.8. The first-order chi connectivity index (χ1) is 7.19. The van der Waals surface area contributed by atoms with Gasteiger partial charge in [-0.1, -0.05) is 0 Å². The summed E-state index contributed by atoms with van der Waals surface area (Å²) in [6.45, 7) is 4.04. The molecular formula is C9H10N4S2. The molecule has 2 rings (SSSR count). The van der Waals surface area contributed by atoms with E-state index in [1.54, 1.807) is 0 Å². The zero-order valence-corrected chi connectivity index (χ0v) is 10.00.